The molecule has 0 bridgehead atoms. The van der Waals surface area contributed by atoms with Gasteiger partial charge in [0.15, 0.2) is 11.5 Å². The highest BCUT2D eigenvalue weighted by molar-refractivity contribution is 5.96. The van der Waals surface area contributed by atoms with Crippen LogP contribution >= 0.6 is 0 Å². The number of aromatic nitrogens is 2. The first-order valence-electron chi connectivity index (χ1n) is 9.55. The van der Waals surface area contributed by atoms with Crippen molar-refractivity contribution in [2.24, 2.45) is 0 Å². The Morgan fingerprint density at radius 2 is 1.70 bits per heavy atom. The van der Waals surface area contributed by atoms with Crippen LogP contribution in [0.3, 0.4) is 0 Å². The number of hydrogen-bond acceptors (Lipinski definition) is 7. The predicted molar refractivity (Wildman–Crippen MR) is 110 cm³/mol. The van der Waals surface area contributed by atoms with E-state index in [0.29, 0.717) is 47.5 Å². The number of ether oxygens (including phenoxy) is 3. The summed E-state index contributed by atoms with van der Waals surface area (Å²) in [5, 5.41) is 4.10. The van der Waals surface area contributed by atoms with Gasteiger partial charge in [0.1, 0.15) is 0 Å². The number of methoxy groups -OCH3 is 3. The summed E-state index contributed by atoms with van der Waals surface area (Å²) in [6.07, 6.45) is 0.324. The average Bonchev–Trinajstić information content (AvgIpc) is 3.40. The highest BCUT2D eigenvalue weighted by Gasteiger charge is 2.35. The van der Waals surface area contributed by atoms with Gasteiger partial charge in [-0.1, -0.05) is 22.9 Å². The van der Waals surface area contributed by atoms with E-state index in [2.05, 4.69) is 10.1 Å². The Morgan fingerprint density at radius 3 is 2.30 bits per heavy atom. The summed E-state index contributed by atoms with van der Waals surface area (Å²) in [4.78, 5) is 18.8. The Balaban J connectivity index is 1.59. The van der Waals surface area contributed by atoms with Crippen LogP contribution in [-0.4, -0.2) is 43.9 Å². The van der Waals surface area contributed by atoms with Gasteiger partial charge in [-0.15, -0.1) is 0 Å². The lowest BCUT2D eigenvalue weighted by Crippen LogP contribution is -2.24. The second-order valence-corrected chi connectivity index (χ2v) is 7.11. The van der Waals surface area contributed by atoms with Crippen molar-refractivity contribution in [2.45, 2.75) is 19.3 Å². The van der Waals surface area contributed by atoms with Gasteiger partial charge in [0.05, 0.1) is 27.2 Å². The molecule has 0 saturated carbocycles. The Bertz CT molecular complexity index is 1040. The van der Waals surface area contributed by atoms with E-state index in [0.717, 1.165) is 11.3 Å². The maximum absolute atomic E-state index is 12.5. The van der Waals surface area contributed by atoms with E-state index in [4.69, 9.17) is 18.7 Å². The standard InChI is InChI=1S/C22H23N3O5/c1-13-5-7-16(8-6-13)25-12-15(11-19(25)26)22-23-21(24-30-22)14-9-17(27-2)20(29-4)18(10-14)28-3/h5-10,15H,11-12H2,1-4H3/t15-/m1/s1. The monoisotopic (exact) mass is 409 g/mol. The number of nitrogens with zero attached hydrogens (tertiary/aromatic N) is 3. The summed E-state index contributed by atoms with van der Waals surface area (Å²) in [5.74, 6) is 2.19. The van der Waals surface area contributed by atoms with Crippen LogP contribution in [0, 0.1) is 6.92 Å². The molecule has 156 valence electrons. The van der Waals surface area contributed by atoms with Crippen molar-refractivity contribution in [3.63, 3.8) is 0 Å². The number of aryl methyl sites for hydroxylation is 1. The fraction of sp³-hybridized carbons (Fsp3) is 0.318. The molecule has 0 N–H and O–H groups in total. The first-order valence-corrected chi connectivity index (χ1v) is 9.55. The molecule has 1 aromatic heterocycles. The third-order valence-electron chi connectivity index (χ3n) is 5.18. The van der Waals surface area contributed by atoms with Crippen molar-refractivity contribution in [2.75, 3.05) is 32.8 Å². The van der Waals surface area contributed by atoms with E-state index in [1.807, 2.05) is 31.2 Å². The second kappa shape index (κ2) is 8.06. The van der Waals surface area contributed by atoms with Gasteiger partial charge in [-0.2, -0.15) is 4.98 Å². The molecule has 0 spiro atoms. The Kier molecular flexibility index (Phi) is 5.31. The highest BCUT2D eigenvalue weighted by Crippen LogP contribution is 2.41. The molecular weight excluding hydrogens is 386 g/mol. The van der Waals surface area contributed by atoms with Crippen LogP contribution in [0.15, 0.2) is 40.9 Å². The molecular formula is C22H23N3O5. The summed E-state index contributed by atoms with van der Waals surface area (Å²) >= 11 is 0. The van der Waals surface area contributed by atoms with Crippen LogP contribution < -0.4 is 19.1 Å². The molecule has 1 aliphatic rings. The van der Waals surface area contributed by atoms with Crippen molar-refractivity contribution in [3.05, 3.63) is 47.9 Å². The van der Waals surface area contributed by atoms with Crippen LogP contribution in [0.5, 0.6) is 17.2 Å². The van der Waals surface area contributed by atoms with Crippen molar-refractivity contribution < 1.29 is 23.5 Å². The second-order valence-electron chi connectivity index (χ2n) is 7.11. The van der Waals surface area contributed by atoms with Gasteiger partial charge >= 0.3 is 0 Å². The molecule has 0 aliphatic carbocycles. The molecule has 3 aromatic rings. The Labute approximate surface area is 174 Å². The third kappa shape index (κ3) is 3.56. The van der Waals surface area contributed by atoms with Gasteiger partial charge in [0.2, 0.25) is 23.4 Å². The topological polar surface area (TPSA) is 86.9 Å². The maximum Gasteiger partial charge on any atom is 0.232 e. The fourth-order valence-corrected chi connectivity index (χ4v) is 3.58. The number of rotatable bonds is 6. The Morgan fingerprint density at radius 1 is 1.03 bits per heavy atom. The zero-order valence-electron chi connectivity index (χ0n) is 17.3. The summed E-state index contributed by atoms with van der Waals surface area (Å²) in [6, 6.07) is 11.4. The lowest BCUT2D eigenvalue weighted by molar-refractivity contribution is -0.117. The molecule has 0 radical (unpaired) electrons. The number of carbonyl (C=O) groups excluding carboxylic acids is 1. The molecule has 8 heteroatoms. The first-order chi connectivity index (χ1) is 14.5. The number of anilines is 1. The zero-order valence-corrected chi connectivity index (χ0v) is 17.3. The quantitative estimate of drug-likeness (QED) is 0.615. The predicted octanol–water partition coefficient (Wildman–Crippen LogP) is 3.59. The Hall–Kier alpha value is -3.55. The van der Waals surface area contributed by atoms with E-state index >= 15 is 0 Å². The van der Waals surface area contributed by atoms with Crippen LogP contribution in [0.4, 0.5) is 5.69 Å². The molecule has 1 aliphatic heterocycles. The molecule has 30 heavy (non-hydrogen) atoms. The SMILES string of the molecule is COc1cc(-c2noc([C@@H]3CC(=O)N(c4ccc(C)cc4)C3)n2)cc(OC)c1OC. The molecule has 1 saturated heterocycles. The maximum atomic E-state index is 12.5. The summed E-state index contributed by atoms with van der Waals surface area (Å²) in [5.41, 5.74) is 2.69. The van der Waals surface area contributed by atoms with Crippen LogP contribution in [0.1, 0.15) is 23.8 Å². The van der Waals surface area contributed by atoms with Crippen LogP contribution in [-0.2, 0) is 4.79 Å². The molecule has 1 fully saturated rings. The van der Waals surface area contributed by atoms with Gasteiger partial charge in [-0.25, -0.2) is 0 Å². The number of carbonyl (C=O) groups is 1. The lowest BCUT2D eigenvalue weighted by atomic mass is 10.1. The molecule has 2 aromatic carbocycles. The van der Waals surface area contributed by atoms with Gasteiger partial charge in [0, 0.05) is 24.2 Å². The van der Waals surface area contributed by atoms with E-state index in [1.54, 1.807) is 38.4 Å². The molecule has 4 rings (SSSR count). The van der Waals surface area contributed by atoms with Crippen molar-refractivity contribution in [1.82, 2.24) is 10.1 Å². The summed E-state index contributed by atoms with van der Waals surface area (Å²) < 4.78 is 21.6. The number of benzene rings is 2. The number of hydrogen-bond donors (Lipinski definition) is 0. The minimum absolute atomic E-state index is 0.0383. The largest absolute Gasteiger partial charge is 0.493 e. The minimum atomic E-state index is -0.165. The normalized spacial score (nSPS) is 16.1. The highest BCUT2D eigenvalue weighted by atomic mass is 16.5. The van der Waals surface area contributed by atoms with Gasteiger partial charge < -0.3 is 23.6 Å². The fourth-order valence-electron chi connectivity index (χ4n) is 3.58. The van der Waals surface area contributed by atoms with Gasteiger partial charge in [0.25, 0.3) is 0 Å². The van der Waals surface area contributed by atoms with Gasteiger partial charge in [-0.05, 0) is 31.2 Å². The molecule has 2 heterocycles. The average molecular weight is 409 g/mol. The lowest BCUT2D eigenvalue weighted by Gasteiger charge is -2.16. The molecule has 1 atom stereocenters. The van der Waals surface area contributed by atoms with Crippen molar-refractivity contribution in [1.29, 1.82) is 0 Å². The van der Waals surface area contributed by atoms with Gasteiger partial charge in [-0.3, -0.25) is 4.79 Å². The van der Waals surface area contributed by atoms with Crippen LogP contribution in [0.2, 0.25) is 0 Å². The van der Waals surface area contributed by atoms with Crippen molar-refractivity contribution >= 4 is 11.6 Å². The zero-order chi connectivity index (χ0) is 21.3. The van der Waals surface area contributed by atoms with Crippen LogP contribution in [0.25, 0.3) is 11.4 Å². The smallest absolute Gasteiger partial charge is 0.232 e. The minimum Gasteiger partial charge on any atom is -0.493 e. The molecule has 1 amide bonds. The van der Waals surface area contributed by atoms with E-state index in [9.17, 15) is 4.79 Å². The molecule has 8 nitrogen and oxygen atoms in total. The summed E-state index contributed by atoms with van der Waals surface area (Å²) in [6.45, 7) is 2.51. The van der Waals surface area contributed by atoms with E-state index in [-0.39, 0.29) is 11.8 Å². The first kappa shape index (κ1) is 19.8. The number of amides is 1. The van der Waals surface area contributed by atoms with E-state index < -0.39 is 0 Å². The third-order valence-corrected chi connectivity index (χ3v) is 5.18. The summed E-state index contributed by atoms with van der Waals surface area (Å²) in [7, 11) is 4.64. The van der Waals surface area contributed by atoms with E-state index in [1.165, 1.54) is 0 Å². The van der Waals surface area contributed by atoms with Crippen molar-refractivity contribution in [3.8, 4) is 28.6 Å². The molecule has 0 unspecified atom stereocenters.